The van der Waals surface area contributed by atoms with Gasteiger partial charge in [-0.2, -0.15) is 0 Å². The Bertz CT molecular complexity index is 146. The molecule has 0 saturated heterocycles. The maximum Gasteiger partial charge on any atom is 0.0267 e. The van der Waals surface area contributed by atoms with Crippen molar-refractivity contribution in [1.82, 2.24) is 4.98 Å². The van der Waals surface area contributed by atoms with E-state index in [2.05, 4.69) is 18.3 Å². The zero-order chi connectivity index (χ0) is 8.24. The van der Waals surface area contributed by atoms with E-state index in [9.17, 15) is 0 Å². The van der Waals surface area contributed by atoms with Crippen molar-refractivity contribution in [3.05, 3.63) is 43.9 Å². The van der Waals surface area contributed by atoms with E-state index in [0.29, 0.717) is 0 Å². The molecule has 5 heteroatoms. The SMILES string of the molecule is [C-]#[O+].[C-]#[O+].[Cl-].[Ir].c1ccncc1. The summed E-state index contributed by atoms with van der Waals surface area (Å²) in [6.07, 6.45) is 3.50. The molecule has 0 spiro atoms. The largest absolute Gasteiger partial charge is 1.00 e. The van der Waals surface area contributed by atoms with Crippen molar-refractivity contribution in [3.8, 4) is 0 Å². The molecule has 0 aliphatic heterocycles. The van der Waals surface area contributed by atoms with Crippen LogP contribution in [-0.2, 0) is 29.4 Å². The van der Waals surface area contributed by atoms with E-state index in [4.69, 9.17) is 9.30 Å². The van der Waals surface area contributed by atoms with Crippen LogP contribution in [-0.4, -0.2) is 4.98 Å². The molecule has 0 unspecified atom stereocenters. The first-order valence-electron chi connectivity index (χ1n) is 2.26. The number of aromatic nitrogens is 1. The van der Waals surface area contributed by atoms with E-state index >= 15 is 0 Å². The standard InChI is InChI=1S/C5H5N.2CO.ClH.Ir/c1-2-4-6-5-3-1;2*1-2;;/h1-5H;;;1H;/p-1. The number of hydrogen-bond donors (Lipinski definition) is 0. The summed E-state index contributed by atoms with van der Waals surface area (Å²) >= 11 is 0. The maximum absolute atomic E-state index is 7.50. The minimum atomic E-state index is 0. The van der Waals surface area contributed by atoms with E-state index in [-0.39, 0.29) is 32.5 Å². The summed E-state index contributed by atoms with van der Waals surface area (Å²) in [6.45, 7) is 9.00. The molecule has 67 valence electrons. The second kappa shape index (κ2) is 31.2. The number of hydrogen-bond acceptors (Lipinski definition) is 1. The Hall–Kier alpha value is -0.431. The maximum atomic E-state index is 7.50. The average Bonchev–Trinajstić information content (AvgIpc) is 2.14. The van der Waals surface area contributed by atoms with Gasteiger partial charge in [0.15, 0.2) is 0 Å². The first-order chi connectivity index (χ1) is 5.00. The third kappa shape index (κ3) is 22.7. The summed E-state index contributed by atoms with van der Waals surface area (Å²) in [4.78, 5) is 3.78. The van der Waals surface area contributed by atoms with Crippen molar-refractivity contribution in [1.29, 1.82) is 0 Å². The normalized spacial score (nSPS) is 4.33. The molecule has 3 nitrogen and oxygen atoms in total. The van der Waals surface area contributed by atoms with Crippen LogP contribution in [0.3, 0.4) is 0 Å². The molecule has 0 saturated carbocycles. The van der Waals surface area contributed by atoms with E-state index in [0.717, 1.165) is 0 Å². The van der Waals surface area contributed by atoms with Gasteiger partial charge in [-0.15, -0.1) is 0 Å². The van der Waals surface area contributed by atoms with Crippen molar-refractivity contribution in [2.45, 2.75) is 0 Å². The van der Waals surface area contributed by atoms with Crippen molar-refractivity contribution < 1.29 is 41.8 Å². The summed E-state index contributed by atoms with van der Waals surface area (Å²) in [5.74, 6) is 0. The fraction of sp³-hybridized carbons (Fsp3) is 0. The van der Waals surface area contributed by atoms with Gasteiger partial charge < -0.3 is 12.4 Å². The number of rotatable bonds is 0. The third-order valence-corrected chi connectivity index (χ3v) is 0.566. The van der Waals surface area contributed by atoms with Crippen LogP contribution in [0.4, 0.5) is 0 Å². The number of halogens is 1. The van der Waals surface area contributed by atoms with Gasteiger partial charge in [-0.25, -0.2) is 0 Å². The van der Waals surface area contributed by atoms with Gasteiger partial charge in [-0.3, -0.25) is 4.98 Å². The quantitative estimate of drug-likeness (QED) is 0.389. The van der Waals surface area contributed by atoms with E-state index in [1.807, 2.05) is 18.2 Å². The van der Waals surface area contributed by atoms with Crippen LogP contribution in [0.1, 0.15) is 0 Å². The molecule has 1 aromatic rings. The van der Waals surface area contributed by atoms with Crippen molar-refractivity contribution >= 4 is 0 Å². The molecular weight excluding hydrogens is 358 g/mol. The van der Waals surface area contributed by atoms with Gasteiger partial charge in [-0.1, -0.05) is 6.07 Å². The number of nitrogens with zero attached hydrogens (tertiary/aromatic N) is 1. The second-order valence-corrected chi connectivity index (χ2v) is 1.02. The van der Waals surface area contributed by atoms with Gasteiger partial charge in [0.05, 0.1) is 0 Å². The fourth-order valence-corrected chi connectivity index (χ4v) is 0.313. The summed E-state index contributed by atoms with van der Waals surface area (Å²) in [6, 6.07) is 5.72. The predicted octanol–water partition coefficient (Wildman–Crippen LogP) is -1.99. The van der Waals surface area contributed by atoms with Crippen LogP contribution < -0.4 is 12.4 Å². The molecule has 0 amide bonds. The molecule has 0 atom stereocenters. The van der Waals surface area contributed by atoms with Gasteiger partial charge in [-0.05, 0) is 12.1 Å². The van der Waals surface area contributed by atoms with Crippen LogP contribution in [0, 0.1) is 13.3 Å². The molecule has 1 aromatic heterocycles. The minimum absolute atomic E-state index is 0. The third-order valence-electron chi connectivity index (χ3n) is 0.566. The Balaban J connectivity index is -0.0000000480. The molecule has 1 heterocycles. The summed E-state index contributed by atoms with van der Waals surface area (Å²) in [5, 5.41) is 0. The molecule has 0 fully saturated rings. The first kappa shape index (κ1) is 22.6. The van der Waals surface area contributed by atoms with Gasteiger partial charge >= 0.3 is 22.6 Å². The summed E-state index contributed by atoms with van der Waals surface area (Å²) in [7, 11) is 0. The molecule has 1 radical (unpaired) electrons. The zero-order valence-corrected chi connectivity index (χ0v) is 9.01. The van der Waals surface area contributed by atoms with Gasteiger partial charge in [0.2, 0.25) is 0 Å². The monoisotopic (exact) mass is 363 g/mol. The Morgan fingerprint density at radius 1 is 0.833 bits per heavy atom. The molecule has 0 aromatic carbocycles. The topological polar surface area (TPSA) is 52.7 Å². The Morgan fingerprint density at radius 2 is 1.17 bits per heavy atom. The Kier molecular flexibility index (Phi) is 58.7. The zero-order valence-electron chi connectivity index (χ0n) is 5.86. The van der Waals surface area contributed by atoms with Gasteiger partial charge in [0, 0.05) is 32.5 Å². The molecule has 0 bridgehead atoms. The van der Waals surface area contributed by atoms with Crippen LogP contribution in [0.5, 0.6) is 0 Å². The fourth-order valence-electron chi connectivity index (χ4n) is 0.313. The predicted molar refractivity (Wildman–Crippen MR) is 32.1 cm³/mol. The summed E-state index contributed by atoms with van der Waals surface area (Å²) < 4.78 is 15.0. The van der Waals surface area contributed by atoms with Gasteiger partial charge in [0.1, 0.15) is 0 Å². The second-order valence-electron chi connectivity index (χ2n) is 1.02. The molecule has 0 aliphatic carbocycles. The molecule has 1 rings (SSSR count). The Morgan fingerprint density at radius 3 is 1.25 bits per heavy atom. The minimum Gasteiger partial charge on any atom is -1.00 e. The summed E-state index contributed by atoms with van der Waals surface area (Å²) in [5.41, 5.74) is 0. The molecular formula is C7H5ClIrNO2-. The van der Waals surface area contributed by atoms with Crippen molar-refractivity contribution in [2.24, 2.45) is 0 Å². The average molecular weight is 363 g/mol. The molecule has 12 heavy (non-hydrogen) atoms. The first-order valence-corrected chi connectivity index (χ1v) is 2.26. The van der Waals surface area contributed by atoms with Crippen molar-refractivity contribution in [2.75, 3.05) is 0 Å². The van der Waals surface area contributed by atoms with Gasteiger partial charge in [0.25, 0.3) is 0 Å². The molecule has 0 N–H and O–H groups in total. The number of pyridine rings is 1. The van der Waals surface area contributed by atoms with Crippen LogP contribution in [0.15, 0.2) is 30.6 Å². The van der Waals surface area contributed by atoms with Crippen LogP contribution >= 0.6 is 0 Å². The van der Waals surface area contributed by atoms with E-state index < -0.39 is 0 Å². The van der Waals surface area contributed by atoms with Crippen LogP contribution in [0.25, 0.3) is 0 Å². The van der Waals surface area contributed by atoms with E-state index in [1.165, 1.54) is 0 Å². The Labute approximate surface area is 90.8 Å². The van der Waals surface area contributed by atoms with E-state index in [1.54, 1.807) is 12.4 Å². The van der Waals surface area contributed by atoms with Crippen molar-refractivity contribution in [3.63, 3.8) is 0 Å². The van der Waals surface area contributed by atoms with Crippen LogP contribution in [0.2, 0.25) is 0 Å². The molecule has 0 aliphatic rings. The smallest absolute Gasteiger partial charge is 0.0267 e.